The summed E-state index contributed by atoms with van der Waals surface area (Å²) in [5.41, 5.74) is 3.24. The quantitative estimate of drug-likeness (QED) is 0.582. The molecule has 0 aliphatic carbocycles. The molecule has 1 atom stereocenters. The van der Waals surface area contributed by atoms with E-state index in [1.807, 2.05) is 6.07 Å². The van der Waals surface area contributed by atoms with E-state index in [0.29, 0.717) is 50.1 Å². The topological polar surface area (TPSA) is 88.0 Å². The van der Waals surface area contributed by atoms with Crippen LogP contribution in [0.1, 0.15) is 22.8 Å². The third kappa shape index (κ3) is 4.09. The molecule has 4 rings (SSSR count). The fraction of sp³-hybridized carbons (Fsp3) is 0.409. The van der Waals surface area contributed by atoms with Gasteiger partial charge in [-0.2, -0.15) is 0 Å². The number of anilines is 2. The van der Waals surface area contributed by atoms with E-state index in [2.05, 4.69) is 35.3 Å². The van der Waals surface area contributed by atoms with Crippen molar-refractivity contribution >= 4 is 23.0 Å². The van der Waals surface area contributed by atoms with Gasteiger partial charge in [-0.15, -0.1) is 0 Å². The fourth-order valence-electron chi connectivity index (χ4n) is 4.20. The Morgan fingerprint density at radius 2 is 2.00 bits per heavy atom. The van der Waals surface area contributed by atoms with Crippen LogP contribution in [0.2, 0.25) is 0 Å². The number of hydrogen-bond acceptors (Lipinski definition) is 6. The van der Waals surface area contributed by atoms with Crippen LogP contribution in [0.25, 0.3) is 0 Å². The smallest absolute Gasteiger partial charge is 0.293 e. The van der Waals surface area contributed by atoms with E-state index in [1.54, 1.807) is 17.0 Å². The first-order chi connectivity index (χ1) is 14.5. The highest BCUT2D eigenvalue weighted by molar-refractivity contribution is 5.95. The molecule has 2 heterocycles. The van der Waals surface area contributed by atoms with Crippen molar-refractivity contribution in [3.8, 4) is 0 Å². The lowest BCUT2D eigenvalue weighted by molar-refractivity contribution is -0.384. The number of morpholine rings is 1. The summed E-state index contributed by atoms with van der Waals surface area (Å²) in [4.78, 5) is 27.8. The van der Waals surface area contributed by atoms with E-state index in [0.717, 1.165) is 13.0 Å². The van der Waals surface area contributed by atoms with E-state index in [4.69, 9.17) is 4.74 Å². The molecule has 2 aromatic carbocycles. The first-order valence-corrected chi connectivity index (χ1v) is 10.3. The van der Waals surface area contributed by atoms with E-state index in [1.165, 1.54) is 17.3 Å². The standard InChI is InChI=1S/C22H26N4O4/c1-16-14-17-4-2-3-5-20(17)25(16)9-8-23-19-7-6-18(15-21(19)26(28)29)22(27)24-10-12-30-13-11-24/h2-7,15-16,23H,8-14H2,1H3. The number of carbonyl (C=O) groups excluding carboxylic acids is 1. The van der Waals surface area contributed by atoms with Crippen molar-refractivity contribution in [2.24, 2.45) is 0 Å². The maximum absolute atomic E-state index is 12.6. The third-order valence-corrected chi connectivity index (χ3v) is 5.76. The van der Waals surface area contributed by atoms with E-state index < -0.39 is 4.92 Å². The van der Waals surface area contributed by atoms with Crippen molar-refractivity contribution in [1.82, 2.24) is 4.90 Å². The van der Waals surface area contributed by atoms with E-state index in [-0.39, 0.29) is 11.6 Å². The van der Waals surface area contributed by atoms with Crippen LogP contribution in [0, 0.1) is 10.1 Å². The van der Waals surface area contributed by atoms with Crippen LogP contribution < -0.4 is 10.2 Å². The number of amides is 1. The Morgan fingerprint density at radius 3 is 2.77 bits per heavy atom. The molecule has 8 heteroatoms. The zero-order valence-electron chi connectivity index (χ0n) is 17.0. The van der Waals surface area contributed by atoms with Crippen molar-refractivity contribution in [3.05, 3.63) is 63.7 Å². The van der Waals surface area contributed by atoms with Crippen LogP contribution in [-0.4, -0.2) is 61.2 Å². The molecule has 2 aromatic rings. The van der Waals surface area contributed by atoms with Crippen molar-refractivity contribution in [2.75, 3.05) is 49.6 Å². The zero-order valence-corrected chi connectivity index (χ0v) is 17.0. The summed E-state index contributed by atoms with van der Waals surface area (Å²) in [5, 5.41) is 14.8. The van der Waals surface area contributed by atoms with Gasteiger partial charge in [0.1, 0.15) is 5.69 Å². The minimum Gasteiger partial charge on any atom is -0.378 e. The number of nitrogens with one attached hydrogen (secondary N) is 1. The van der Waals surface area contributed by atoms with Gasteiger partial charge in [0.15, 0.2) is 0 Å². The van der Waals surface area contributed by atoms with Gasteiger partial charge < -0.3 is 19.9 Å². The Labute approximate surface area is 175 Å². The summed E-state index contributed by atoms with van der Waals surface area (Å²) in [7, 11) is 0. The molecule has 0 spiro atoms. The molecule has 1 amide bonds. The number of para-hydroxylation sites is 1. The van der Waals surface area contributed by atoms with Crippen LogP contribution >= 0.6 is 0 Å². The highest BCUT2D eigenvalue weighted by Gasteiger charge is 2.26. The molecule has 158 valence electrons. The summed E-state index contributed by atoms with van der Waals surface area (Å²) in [6.45, 7) is 5.48. The maximum atomic E-state index is 12.6. The van der Waals surface area contributed by atoms with Crippen molar-refractivity contribution in [3.63, 3.8) is 0 Å². The Morgan fingerprint density at radius 1 is 1.23 bits per heavy atom. The lowest BCUT2D eigenvalue weighted by Gasteiger charge is -2.27. The maximum Gasteiger partial charge on any atom is 0.293 e. The van der Waals surface area contributed by atoms with Crippen molar-refractivity contribution in [2.45, 2.75) is 19.4 Å². The van der Waals surface area contributed by atoms with Gasteiger partial charge >= 0.3 is 0 Å². The second-order valence-corrected chi connectivity index (χ2v) is 7.70. The van der Waals surface area contributed by atoms with Gasteiger partial charge in [-0.1, -0.05) is 18.2 Å². The summed E-state index contributed by atoms with van der Waals surface area (Å²) in [6, 6.07) is 13.4. The molecule has 1 saturated heterocycles. The van der Waals surface area contributed by atoms with Crippen LogP contribution in [0.4, 0.5) is 17.1 Å². The van der Waals surface area contributed by atoms with Crippen LogP contribution in [0.15, 0.2) is 42.5 Å². The molecular formula is C22H26N4O4. The lowest BCUT2D eigenvalue weighted by Crippen LogP contribution is -2.40. The van der Waals surface area contributed by atoms with Gasteiger partial charge in [0.2, 0.25) is 0 Å². The highest BCUT2D eigenvalue weighted by atomic mass is 16.6. The van der Waals surface area contributed by atoms with Crippen LogP contribution in [0.5, 0.6) is 0 Å². The highest BCUT2D eigenvalue weighted by Crippen LogP contribution is 2.32. The number of rotatable bonds is 6. The molecule has 0 bridgehead atoms. The van der Waals surface area contributed by atoms with E-state index in [9.17, 15) is 14.9 Å². The molecule has 0 saturated carbocycles. The molecular weight excluding hydrogens is 384 g/mol. The Bertz CT molecular complexity index is 942. The Balaban J connectivity index is 1.44. The molecule has 1 unspecified atom stereocenters. The predicted octanol–water partition coefficient (Wildman–Crippen LogP) is 2.93. The largest absolute Gasteiger partial charge is 0.378 e. The molecule has 0 aromatic heterocycles. The molecule has 0 radical (unpaired) electrons. The number of benzene rings is 2. The monoisotopic (exact) mass is 410 g/mol. The number of nitro benzene ring substituents is 1. The van der Waals surface area contributed by atoms with Gasteiger partial charge in [-0.25, -0.2) is 0 Å². The molecule has 30 heavy (non-hydrogen) atoms. The normalized spacial score (nSPS) is 18.2. The Hall–Kier alpha value is -3.13. The first kappa shape index (κ1) is 20.2. The van der Waals surface area contributed by atoms with Gasteiger partial charge in [-0.05, 0) is 37.1 Å². The van der Waals surface area contributed by atoms with Gasteiger partial charge in [-0.3, -0.25) is 14.9 Å². The van der Waals surface area contributed by atoms with Crippen molar-refractivity contribution in [1.29, 1.82) is 0 Å². The number of fused-ring (bicyclic) bond motifs is 1. The third-order valence-electron chi connectivity index (χ3n) is 5.76. The van der Waals surface area contributed by atoms with Crippen molar-refractivity contribution < 1.29 is 14.5 Å². The summed E-state index contributed by atoms with van der Waals surface area (Å²) in [5.74, 6) is -0.199. The SMILES string of the molecule is CC1Cc2ccccc2N1CCNc1ccc(C(=O)N2CCOCC2)cc1[N+](=O)[O-]. The lowest BCUT2D eigenvalue weighted by atomic mass is 10.1. The molecule has 2 aliphatic rings. The summed E-state index contributed by atoms with van der Waals surface area (Å²) >= 11 is 0. The number of carbonyl (C=O) groups is 1. The minimum absolute atomic E-state index is 0.0796. The second-order valence-electron chi connectivity index (χ2n) is 7.70. The van der Waals surface area contributed by atoms with Gasteiger partial charge in [0.05, 0.1) is 18.1 Å². The zero-order chi connectivity index (χ0) is 21.1. The summed E-state index contributed by atoms with van der Waals surface area (Å²) in [6.07, 6.45) is 1.01. The Kier molecular flexibility index (Phi) is 5.85. The average molecular weight is 410 g/mol. The van der Waals surface area contributed by atoms with Crippen LogP contribution in [0.3, 0.4) is 0 Å². The number of nitro groups is 1. The second kappa shape index (κ2) is 8.71. The van der Waals surface area contributed by atoms with E-state index >= 15 is 0 Å². The van der Waals surface area contributed by atoms with Crippen LogP contribution in [-0.2, 0) is 11.2 Å². The molecule has 8 nitrogen and oxygen atoms in total. The van der Waals surface area contributed by atoms with Gasteiger partial charge in [0.25, 0.3) is 11.6 Å². The van der Waals surface area contributed by atoms with Gasteiger partial charge in [0, 0.05) is 49.5 Å². The number of hydrogen-bond donors (Lipinski definition) is 1. The molecule has 2 aliphatic heterocycles. The minimum atomic E-state index is -0.438. The summed E-state index contributed by atoms with van der Waals surface area (Å²) < 4.78 is 5.27. The fourth-order valence-corrected chi connectivity index (χ4v) is 4.20. The number of nitrogens with zero attached hydrogens (tertiary/aromatic N) is 3. The first-order valence-electron chi connectivity index (χ1n) is 10.3. The number of ether oxygens (including phenoxy) is 1. The average Bonchev–Trinajstić information content (AvgIpc) is 3.09. The molecule has 1 N–H and O–H groups in total. The molecule has 1 fully saturated rings. The predicted molar refractivity (Wildman–Crippen MR) is 115 cm³/mol.